The summed E-state index contributed by atoms with van der Waals surface area (Å²) in [5, 5.41) is 3.10. The quantitative estimate of drug-likeness (QED) is 0.688. The number of amides is 1. The van der Waals surface area contributed by atoms with Crippen molar-refractivity contribution in [3.63, 3.8) is 0 Å². The first-order valence-corrected chi connectivity index (χ1v) is 9.86. The van der Waals surface area contributed by atoms with Gasteiger partial charge < -0.3 is 10.1 Å². The number of benzene rings is 2. The molecular formula is C21H27NO2S. The Bertz CT molecular complexity index is 713. The first-order chi connectivity index (χ1) is 12.0. The maximum absolute atomic E-state index is 12.4. The van der Waals surface area contributed by atoms with Gasteiger partial charge in [-0.1, -0.05) is 50.2 Å². The predicted octanol–water partition coefficient (Wildman–Crippen LogP) is 5.39. The third-order valence-corrected chi connectivity index (χ3v) is 4.94. The molecule has 2 rings (SSSR count). The molecule has 4 heteroatoms. The molecule has 1 amide bonds. The molecule has 3 nitrogen and oxygen atoms in total. The van der Waals surface area contributed by atoms with Gasteiger partial charge in [0.05, 0.1) is 12.4 Å². The van der Waals surface area contributed by atoms with Crippen LogP contribution < -0.4 is 10.1 Å². The SMILES string of the molecule is CCOc1ccccc1CSCC(=O)Nc1c(C)cccc1C(C)C. The zero-order valence-electron chi connectivity index (χ0n) is 15.5. The maximum Gasteiger partial charge on any atom is 0.234 e. The number of nitrogens with one attached hydrogen (secondary N) is 1. The Hall–Kier alpha value is -1.94. The van der Waals surface area contributed by atoms with E-state index >= 15 is 0 Å². The van der Waals surface area contributed by atoms with E-state index in [9.17, 15) is 4.79 Å². The van der Waals surface area contributed by atoms with E-state index in [2.05, 4.69) is 25.2 Å². The van der Waals surface area contributed by atoms with E-state index in [0.717, 1.165) is 28.3 Å². The molecule has 0 fully saturated rings. The minimum absolute atomic E-state index is 0.0371. The van der Waals surface area contributed by atoms with Crippen molar-refractivity contribution in [3.8, 4) is 5.75 Å². The molecule has 0 atom stereocenters. The van der Waals surface area contributed by atoms with E-state index in [4.69, 9.17) is 4.74 Å². The number of hydrogen-bond acceptors (Lipinski definition) is 3. The highest BCUT2D eigenvalue weighted by molar-refractivity contribution is 7.99. The molecule has 0 aromatic heterocycles. The van der Waals surface area contributed by atoms with Crippen LogP contribution in [0.5, 0.6) is 5.75 Å². The average molecular weight is 358 g/mol. The number of ether oxygens (including phenoxy) is 1. The van der Waals surface area contributed by atoms with Crippen LogP contribution in [0.1, 0.15) is 43.4 Å². The van der Waals surface area contributed by atoms with Crippen LogP contribution in [0.25, 0.3) is 0 Å². The Balaban J connectivity index is 1.94. The van der Waals surface area contributed by atoms with Crippen LogP contribution in [-0.4, -0.2) is 18.3 Å². The van der Waals surface area contributed by atoms with Crippen molar-refractivity contribution < 1.29 is 9.53 Å². The fourth-order valence-electron chi connectivity index (χ4n) is 2.69. The second-order valence-electron chi connectivity index (χ2n) is 6.28. The van der Waals surface area contributed by atoms with Crippen LogP contribution in [0.15, 0.2) is 42.5 Å². The standard InChI is InChI=1S/C21H27NO2S/c1-5-24-19-12-7-6-10-17(19)13-25-14-20(23)22-21-16(4)9-8-11-18(21)15(2)3/h6-12,15H,5,13-14H2,1-4H3,(H,22,23). The molecular weight excluding hydrogens is 330 g/mol. The molecule has 0 saturated carbocycles. The van der Waals surface area contributed by atoms with Gasteiger partial charge in [-0.2, -0.15) is 0 Å². The van der Waals surface area contributed by atoms with Crippen molar-refractivity contribution in [1.82, 2.24) is 0 Å². The van der Waals surface area contributed by atoms with E-state index in [1.165, 1.54) is 5.56 Å². The Morgan fingerprint density at radius 2 is 1.92 bits per heavy atom. The topological polar surface area (TPSA) is 38.3 Å². The van der Waals surface area contributed by atoms with Gasteiger partial charge in [-0.25, -0.2) is 0 Å². The van der Waals surface area contributed by atoms with E-state index < -0.39 is 0 Å². The van der Waals surface area contributed by atoms with Crippen LogP contribution in [0, 0.1) is 6.92 Å². The molecule has 134 valence electrons. The Morgan fingerprint density at radius 1 is 1.16 bits per heavy atom. The van der Waals surface area contributed by atoms with Crippen molar-refractivity contribution in [2.75, 3.05) is 17.7 Å². The molecule has 0 aliphatic rings. The van der Waals surface area contributed by atoms with Gasteiger partial charge in [0.2, 0.25) is 5.91 Å². The van der Waals surface area contributed by atoms with Gasteiger partial charge in [0.15, 0.2) is 0 Å². The van der Waals surface area contributed by atoms with Crippen LogP contribution >= 0.6 is 11.8 Å². The minimum Gasteiger partial charge on any atom is -0.494 e. The summed E-state index contributed by atoms with van der Waals surface area (Å²) in [5.74, 6) is 2.50. The lowest BCUT2D eigenvalue weighted by Gasteiger charge is -2.16. The van der Waals surface area contributed by atoms with Crippen molar-refractivity contribution in [2.45, 2.75) is 39.4 Å². The molecule has 0 unspecified atom stereocenters. The predicted molar refractivity (Wildman–Crippen MR) is 108 cm³/mol. The van der Waals surface area contributed by atoms with Gasteiger partial charge in [0.1, 0.15) is 5.75 Å². The number of thioether (sulfide) groups is 1. The first-order valence-electron chi connectivity index (χ1n) is 8.70. The summed E-state index contributed by atoms with van der Waals surface area (Å²) in [6, 6.07) is 14.2. The number of rotatable bonds is 8. The van der Waals surface area contributed by atoms with Crippen LogP contribution in [-0.2, 0) is 10.5 Å². The summed E-state index contributed by atoms with van der Waals surface area (Å²) in [6.45, 7) is 8.94. The van der Waals surface area contributed by atoms with Crippen molar-refractivity contribution >= 4 is 23.4 Å². The lowest BCUT2D eigenvalue weighted by molar-refractivity contribution is -0.113. The van der Waals surface area contributed by atoms with E-state index in [1.807, 2.05) is 50.2 Å². The molecule has 1 N–H and O–H groups in total. The van der Waals surface area contributed by atoms with Gasteiger partial charge in [0, 0.05) is 17.0 Å². The van der Waals surface area contributed by atoms with Gasteiger partial charge >= 0.3 is 0 Å². The van der Waals surface area contributed by atoms with Crippen LogP contribution in [0.3, 0.4) is 0 Å². The molecule has 2 aromatic carbocycles. The van der Waals surface area contributed by atoms with E-state index in [-0.39, 0.29) is 5.91 Å². The maximum atomic E-state index is 12.4. The summed E-state index contributed by atoms with van der Waals surface area (Å²) in [4.78, 5) is 12.4. The molecule has 0 bridgehead atoms. The minimum atomic E-state index is 0.0371. The van der Waals surface area contributed by atoms with Crippen molar-refractivity contribution in [2.24, 2.45) is 0 Å². The second-order valence-corrected chi connectivity index (χ2v) is 7.26. The summed E-state index contributed by atoms with van der Waals surface area (Å²) in [5.41, 5.74) is 4.37. The molecule has 2 aromatic rings. The molecule has 0 radical (unpaired) electrons. The number of anilines is 1. The van der Waals surface area contributed by atoms with Crippen LogP contribution in [0.4, 0.5) is 5.69 Å². The number of carbonyl (C=O) groups excluding carboxylic acids is 1. The highest BCUT2D eigenvalue weighted by Gasteiger charge is 2.12. The van der Waals surface area contributed by atoms with E-state index in [0.29, 0.717) is 18.3 Å². The first kappa shape index (κ1) is 19.4. The Labute approximate surface area is 155 Å². The fourth-order valence-corrected chi connectivity index (χ4v) is 3.51. The average Bonchev–Trinajstić information content (AvgIpc) is 2.58. The zero-order valence-corrected chi connectivity index (χ0v) is 16.3. The zero-order chi connectivity index (χ0) is 18.2. The lowest BCUT2D eigenvalue weighted by Crippen LogP contribution is -2.16. The van der Waals surface area contributed by atoms with Crippen LogP contribution in [0.2, 0.25) is 0 Å². The highest BCUT2D eigenvalue weighted by atomic mass is 32.2. The molecule has 0 aliphatic heterocycles. The summed E-state index contributed by atoms with van der Waals surface area (Å²) >= 11 is 1.60. The molecule has 0 saturated heterocycles. The molecule has 25 heavy (non-hydrogen) atoms. The van der Waals surface area contributed by atoms with Gasteiger partial charge in [0.25, 0.3) is 0 Å². The second kappa shape index (κ2) is 9.52. The van der Waals surface area contributed by atoms with E-state index in [1.54, 1.807) is 11.8 Å². The molecule has 0 heterocycles. The smallest absolute Gasteiger partial charge is 0.234 e. The normalized spacial score (nSPS) is 10.8. The third-order valence-electron chi connectivity index (χ3n) is 3.95. The summed E-state index contributed by atoms with van der Waals surface area (Å²) in [7, 11) is 0. The summed E-state index contributed by atoms with van der Waals surface area (Å²) in [6.07, 6.45) is 0. The number of para-hydroxylation sites is 2. The Kier molecular flexibility index (Phi) is 7.38. The number of carbonyl (C=O) groups is 1. The van der Waals surface area contributed by atoms with Gasteiger partial charge in [-0.3, -0.25) is 4.79 Å². The van der Waals surface area contributed by atoms with Gasteiger partial charge in [-0.15, -0.1) is 11.8 Å². The summed E-state index contributed by atoms with van der Waals surface area (Å²) < 4.78 is 5.63. The molecule has 0 spiro atoms. The number of aryl methyl sites for hydroxylation is 1. The molecule has 0 aliphatic carbocycles. The van der Waals surface area contributed by atoms with Gasteiger partial charge in [-0.05, 0) is 37.0 Å². The third kappa shape index (κ3) is 5.53. The van der Waals surface area contributed by atoms with Crippen molar-refractivity contribution in [3.05, 3.63) is 59.2 Å². The van der Waals surface area contributed by atoms with Crippen molar-refractivity contribution in [1.29, 1.82) is 0 Å². The highest BCUT2D eigenvalue weighted by Crippen LogP contribution is 2.28. The lowest BCUT2D eigenvalue weighted by atomic mass is 9.98. The largest absolute Gasteiger partial charge is 0.494 e. The monoisotopic (exact) mass is 357 g/mol. The number of hydrogen-bond donors (Lipinski definition) is 1. The Morgan fingerprint density at radius 3 is 2.64 bits per heavy atom. The fraction of sp³-hybridized carbons (Fsp3) is 0.381.